The maximum Gasteiger partial charge on any atom is 0.165 e. The molecule has 3 rings (SSSR count). The molecule has 1 unspecified atom stereocenters. The van der Waals surface area contributed by atoms with Gasteiger partial charge in [0.2, 0.25) is 0 Å². The van der Waals surface area contributed by atoms with Crippen LogP contribution < -0.4 is 9.47 Å². The predicted molar refractivity (Wildman–Crippen MR) is 109 cm³/mol. The van der Waals surface area contributed by atoms with Gasteiger partial charge in [0.1, 0.15) is 0 Å². The number of imidazole rings is 1. The molecule has 0 aliphatic carbocycles. The fraction of sp³-hybridized carbons (Fsp3) is 0.364. The predicted octanol–water partition coefficient (Wildman–Crippen LogP) is 3.95. The number of para-hydroxylation sites is 1. The van der Waals surface area contributed by atoms with Crippen molar-refractivity contribution in [3.05, 3.63) is 72.6 Å². The van der Waals surface area contributed by atoms with Crippen LogP contribution >= 0.6 is 0 Å². The molecule has 0 spiro atoms. The van der Waals surface area contributed by atoms with E-state index in [9.17, 15) is 0 Å². The monoisotopic (exact) mass is 380 g/mol. The first-order valence-electron chi connectivity index (χ1n) is 9.53. The zero-order valence-electron chi connectivity index (χ0n) is 16.8. The van der Waals surface area contributed by atoms with E-state index < -0.39 is 0 Å². The summed E-state index contributed by atoms with van der Waals surface area (Å²) in [6.45, 7) is 4.43. The van der Waals surface area contributed by atoms with E-state index in [2.05, 4.69) is 45.5 Å². The summed E-state index contributed by atoms with van der Waals surface area (Å²) in [6.07, 6.45) is 10.2. The molecule has 1 aromatic carbocycles. The Balaban J connectivity index is 1.66. The molecule has 6 nitrogen and oxygen atoms in total. The molecule has 1 atom stereocenters. The molecule has 0 bridgehead atoms. The Labute approximate surface area is 166 Å². The van der Waals surface area contributed by atoms with Crippen molar-refractivity contribution in [2.45, 2.75) is 32.5 Å². The molecule has 2 aromatic heterocycles. The van der Waals surface area contributed by atoms with Crippen LogP contribution in [0, 0.1) is 0 Å². The number of ether oxygens (including phenoxy) is 2. The third-order valence-corrected chi connectivity index (χ3v) is 4.89. The first kappa shape index (κ1) is 19.9. The number of benzene rings is 1. The summed E-state index contributed by atoms with van der Waals surface area (Å²) in [5.41, 5.74) is 2.30. The third-order valence-electron chi connectivity index (χ3n) is 4.89. The van der Waals surface area contributed by atoms with Crippen LogP contribution in [0.25, 0.3) is 0 Å². The van der Waals surface area contributed by atoms with E-state index in [1.807, 2.05) is 36.9 Å². The molecule has 0 saturated carbocycles. The van der Waals surface area contributed by atoms with Crippen LogP contribution in [0.4, 0.5) is 0 Å². The van der Waals surface area contributed by atoms with Crippen molar-refractivity contribution in [2.24, 2.45) is 0 Å². The average Bonchev–Trinajstić information content (AvgIpc) is 3.25. The Kier molecular flexibility index (Phi) is 7.03. The van der Waals surface area contributed by atoms with Crippen molar-refractivity contribution in [1.29, 1.82) is 0 Å². The molecule has 0 saturated heterocycles. The summed E-state index contributed by atoms with van der Waals surface area (Å²) in [5, 5.41) is 0. The molecule has 0 amide bonds. The van der Waals surface area contributed by atoms with Crippen molar-refractivity contribution in [2.75, 3.05) is 20.8 Å². The van der Waals surface area contributed by atoms with Gasteiger partial charge in [-0.1, -0.05) is 18.2 Å². The molecule has 6 heteroatoms. The van der Waals surface area contributed by atoms with Gasteiger partial charge >= 0.3 is 0 Å². The smallest absolute Gasteiger partial charge is 0.165 e. The lowest BCUT2D eigenvalue weighted by Crippen LogP contribution is -2.22. The highest BCUT2D eigenvalue weighted by Gasteiger charge is 2.17. The quantitative estimate of drug-likeness (QED) is 0.499. The topological polar surface area (TPSA) is 52.4 Å². The van der Waals surface area contributed by atoms with E-state index in [1.54, 1.807) is 19.5 Å². The normalized spacial score (nSPS) is 12.1. The van der Waals surface area contributed by atoms with Gasteiger partial charge in [-0.25, -0.2) is 4.98 Å². The van der Waals surface area contributed by atoms with E-state index in [0.29, 0.717) is 6.61 Å². The molecule has 28 heavy (non-hydrogen) atoms. The second-order valence-corrected chi connectivity index (χ2v) is 6.83. The number of aryl methyl sites for hydroxylation is 1. The van der Waals surface area contributed by atoms with Crippen LogP contribution in [0.5, 0.6) is 11.5 Å². The second-order valence-electron chi connectivity index (χ2n) is 6.83. The molecule has 0 fully saturated rings. The number of rotatable bonds is 10. The van der Waals surface area contributed by atoms with Crippen molar-refractivity contribution in [3.63, 3.8) is 0 Å². The Morgan fingerprint density at radius 1 is 1.14 bits per heavy atom. The van der Waals surface area contributed by atoms with Gasteiger partial charge in [-0.05, 0) is 38.1 Å². The number of hydrogen-bond donors (Lipinski definition) is 0. The van der Waals surface area contributed by atoms with E-state index in [-0.39, 0.29) is 6.04 Å². The van der Waals surface area contributed by atoms with Crippen molar-refractivity contribution in [1.82, 2.24) is 19.4 Å². The van der Waals surface area contributed by atoms with Crippen LogP contribution in [0.15, 0.2) is 61.4 Å². The number of pyridine rings is 1. The SMILES string of the molecule is COc1cccc(CN(C)C(C)c2cccnc2)c1OCCCn1ccnc1. The zero-order valence-corrected chi connectivity index (χ0v) is 16.8. The lowest BCUT2D eigenvalue weighted by molar-refractivity contribution is 0.238. The van der Waals surface area contributed by atoms with Crippen molar-refractivity contribution < 1.29 is 9.47 Å². The van der Waals surface area contributed by atoms with Crippen LogP contribution in [-0.4, -0.2) is 40.2 Å². The maximum atomic E-state index is 6.15. The van der Waals surface area contributed by atoms with Crippen LogP contribution in [0.2, 0.25) is 0 Å². The summed E-state index contributed by atoms with van der Waals surface area (Å²) >= 11 is 0. The largest absolute Gasteiger partial charge is 0.493 e. The first-order chi connectivity index (χ1) is 13.7. The summed E-state index contributed by atoms with van der Waals surface area (Å²) in [6, 6.07) is 10.4. The molecule has 0 aliphatic rings. The Morgan fingerprint density at radius 2 is 2.04 bits per heavy atom. The number of nitrogens with zero attached hydrogens (tertiary/aromatic N) is 4. The Hall–Kier alpha value is -2.86. The average molecular weight is 380 g/mol. The van der Waals surface area contributed by atoms with Crippen LogP contribution in [-0.2, 0) is 13.1 Å². The minimum atomic E-state index is 0.244. The summed E-state index contributed by atoms with van der Waals surface area (Å²) < 4.78 is 13.7. The Morgan fingerprint density at radius 3 is 2.75 bits per heavy atom. The summed E-state index contributed by atoms with van der Waals surface area (Å²) in [5.74, 6) is 1.59. The molecule has 0 N–H and O–H groups in total. The van der Waals surface area contributed by atoms with Crippen LogP contribution in [0.3, 0.4) is 0 Å². The molecule has 2 heterocycles. The van der Waals surface area contributed by atoms with Gasteiger partial charge in [-0.3, -0.25) is 9.88 Å². The third kappa shape index (κ3) is 5.10. The zero-order chi connectivity index (χ0) is 19.8. The van der Waals surface area contributed by atoms with Crippen molar-refractivity contribution in [3.8, 4) is 11.5 Å². The number of aromatic nitrogens is 3. The second kappa shape index (κ2) is 9.90. The fourth-order valence-electron chi connectivity index (χ4n) is 3.13. The van der Waals surface area contributed by atoms with Gasteiger partial charge in [-0.2, -0.15) is 0 Å². The van der Waals surface area contributed by atoms with Gasteiger partial charge in [0.05, 0.1) is 20.0 Å². The van der Waals surface area contributed by atoms with Crippen molar-refractivity contribution >= 4 is 0 Å². The highest BCUT2D eigenvalue weighted by Crippen LogP contribution is 2.33. The highest BCUT2D eigenvalue weighted by molar-refractivity contribution is 5.46. The van der Waals surface area contributed by atoms with Gasteiger partial charge < -0.3 is 14.0 Å². The van der Waals surface area contributed by atoms with Crippen LogP contribution in [0.1, 0.15) is 30.5 Å². The van der Waals surface area contributed by atoms with Gasteiger partial charge in [-0.15, -0.1) is 0 Å². The lowest BCUT2D eigenvalue weighted by Gasteiger charge is -2.26. The number of hydrogen-bond acceptors (Lipinski definition) is 5. The van der Waals surface area contributed by atoms with Gasteiger partial charge in [0.25, 0.3) is 0 Å². The highest BCUT2D eigenvalue weighted by atomic mass is 16.5. The summed E-state index contributed by atoms with van der Waals surface area (Å²) in [7, 11) is 3.79. The van der Waals surface area contributed by atoms with Gasteiger partial charge in [0, 0.05) is 49.5 Å². The number of methoxy groups -OCH3 is 1. The van der Waals surface area contributed by atoms with E-state index in [1.165, 1.54) is 5.56 Å². The molecular formula is C22H28N4O2. The summed E-state index contributed by atoms with van der Waals surface area (Å²) in [4.78, 5) is 10.6. The molecular weight excluding hydrogens is 352 g/mol. The maximum absolute atomic E-state index is 6.15. The fourth-order valence-corrected chi connectivity index (χ4v) is 3.13. The van der Waals surface area contributed by atoms with E-state index in [0.717, 1.165) is 36.6 Å². The van der Waals surface area contributed by atoms with E-state index >= 15 is 0 Å². The molecule has 148 valence electrons. The lowest BCUT2D eigenvalue weighted by atomic mass is 10.1. The van der Waals surface area contributed by atoms with E-state index in [4.69, 9.17) is 9.47 Å². The minimum Gasteiger partial charge on any atom is -0.493 e. The minimum absolute atomic E-state index is 0.244. The molecule has 0 radical (unpaired) electrons. The molecule has 0 aliphatic heterocycles. The first-order valence-corrected chi connectivity index (χ1v) is 9.53. The van der Waals surface area contributed by atoms with Gasteiger partial charge in [0.15, 0.2) is 11.5 Å². The standard InChI is InChI=1S/C22H28N4O2/c1-18(19-8-5-10-23-15-19)25(2)16-20-7-4-9-21(27-3)22(20)28-14-6-12-26-13-11-24-17-26/h4-5,7-11,13,15,17-18H,6,12,14,16H2,1-3H3. The Bertz CT molecular complexity index is 837. The molecule has 3 aromatic rings.